The van der Waals surface area contributed by atoms with E-state index in [0.29, 0.717) is 12.1 Å². The van der Waals surface area contributed by atoms with Gasteiger partial charge in [-0.2, -0.15) is 5.10 Å². The first kappa shape index (κ1) is 15.3. The SMILES string of the molecule is COc1ccc(C2CC(c3c(O)n(C)c(=S)[nH]c3=O)=NN2)cc1. The van der Waals surface area contributed by atoms with Gasteiger partial charge in [0.25, 0.3) is 5.56 Å². The minimum Gasteiger partial charge on any atom is -0.497 e. The van der Waals surface area contributed by atoms with Crippen LogP contribution < -0.4 is 15.7 Å². The van der Waals surface area contributed by atoms with Crippen molar-refractivity contribution in [2.24, 2.45) is 12.1 Å². The van der Waals surface area contributed by atoms with Crippen molar-refractivity contribution in [3.63, 3.8) is 0 Å². The number of hydrazone groups is 1. The Balaban J connectivity index is 1.89. The van der Waals surface area contributed by atoms with Crippen molar-refractivity contribution in [3.8, 4) is 11.6 Å². The number of aromatic amines is 1. The maximum Gasteiger partial charge on any atom is 0.264 e. The molecule has 2 aromatic rings. The molecule has 8 heteroatoms. The molecule has 2 heterocycles. The molecule has 7 nitrogen and oxygen atoms in total. The van der Waals surface area contributed by atoms with E-state index in [2.05, 4.69) is 15.5 Å². The van der Waals surface area contributed by atoms with Gasteiger partial charge < -0.3 is 15.3 Å². The van der Waals surface area contributed by atoms with E-state index in [1.807, 2.05) is 24.3 Å². The van der Waals surface area contributed by atoms with E-state index in [1.54, 1.807) is 14.2 Å². The molecule has 1 aliphatic heterocycles. The Morgan fingerprint density at radius 2 is 2.09 bits per heavy atom. The third-order valence-corrected chi connectivity index (χ3v) is 4.23. The van der Waals surface area contributed by atoms with E-state index in [4.69, 9.17) is 17.0 Å². The summed E-state index contributed by atoms with van der Waals surface area (Å²) in [6.07, 6.45) is 0.486. The maximum absolute atomic E-state index is 12.1. The number of aromatic hydroxyl groups is 1. The zero-order valence-corrected chi connectivity index (χ0v) is 13.5. The first-order valence-corrected chi connectivity index (χ1v) is 7.40. The lowest BCUT2D eigenvalue weighted by atomic mass is 10.00. The zero-order chi connectivity index (χ0) is 16.6. The Kier molecular flexibility index (Phi) is 3.91. The molecule has 1 aromatic heterocycles. The van der Waals surface area contributed by atoms with Gasteiger partial charge in [0.1, 0.15) is 11.3 Å². The second-order valence-corrected chi connectivity index (χ2v) is 5.62. The maximum atomic E-state index is 12.1. The summed E-state index contributed by atoms with van der Waals surface area (Å²) in [5.41, 5.74) is 4.21. The van der Waals surface area contributed by atoms with Gasteiger partial charge in [-0.25, -0.2) is 0 Å². The molecule has 23 heavy (non-hydrogen) atoms. The Hall–Kier alpha value is -2.61. The largest absolute Gasteiger partial charge is 0.497 e. The molecule has 0 saturated heterocycles. The molecule has 3 N–H and O–H groups in total. The number of nitrogens with zero attached hydrogens (tertiary/aromatic N) is 2. The highest BCUT2D eigenvalue weighted by molar-refractivity contribution is 7.71. The van der Waals surface area contributed by atoms with Crippen LogP contribution in [0.3, 0.4) is 0 Å². The van der Waals surface area contributed by atoms with Crippen LogP contribution in [0.4, 0.5) is 0 Å². The normalized spacial score (nSPS) is 16.8. The average molecular weight is 332 g/mol. The van der Waals surface area contributed by atoms with Crippen molar-refractivity contribution < 1.29 is 9.84 Å². The van der Waals surface area contributed by atoms with Gasteiger partial charge in [-0.05, 0) is 29.9 Å². The lowest BCUT2D eigenvalue weighted by Crippen LogP contribution is -2.21. The number of rotatable bonds is 3. The third kappa shape index (κ3) is 2.72. The number of aromatic nitrogens is 2. The molecule has 0 spiro atoms. The summed E-state index contributed by atoms with van der Waals surface area (Å²) in [7, 11) is 3.20. The van der Waals surface area contributed by atoms with Crippen molar-refractivity contribution >= 4 is 17.9 Å². The monoisotopic (exact) mass is 332 g/mol. The number of nitrogens with one attached hydrogen (secondary N) is 2. The van der Waals surface area contributed by atoms with E-state index in [9.17, 15) is 9.90 Å². The molecule has 0 saturated carbocycles. The first-order chi connectivity index (χ1) is 11.0. The second-order valence-electron chi connectivity index (χ2n) is 5.23. The standard InChI is InChI=1S/C15H16N4O3S/c1-19-14(21)12(13(20)16-15(19)23)11-7-10(17-18-11)8-3-5-9(22-2)6-4-8/h3-6,10,17,21H,7H2,1-2H3,(H,16,20,23). The lowest BCUT2D eigenvalue weighted by Gasteiger charge is -2.11. The molecule has 3 rings (SSSR count). The summed E-state index contributed by atoms with van der Waals surface area (Å²) >= 11 is 4.97. The van der Waals surface area contributed by atoms with E-state index in [1.165, 1.54) is 4.57 Å². The summed E-state index contributed by atoms with van der Waals surface area (Å²) < 4.78 is 6.64. The number of H-pyrrole nitrogens is 1. The Bertz CT molecular complexity index is 883. The van der Waals surface area contributed by atoms with E-state index < -0.39 is 5.56 Å². The van der Waals surface area contributed by atoms with E-state index in [-0.39, 0.29) is 22.3 Å². The molecule has 0 bridgehead atoms. The topological polar surface area (TPSA) is 91.6 Å². The summed E-state index contributed by atoms with van der Waals surface area (Å²) in [5, 5.41) is 14.4. The van der Waals surface area contributed by atoms with Crippen LogP contribution in [0.5, 0.6) is 11.6 Å². The molecule has 0 radical (unpaired) electrons. The number of hydrogen-bond acceptors (Lipinski definition) is 6. The fourth-order valence-corrected chi connectivity index (χ4v) is 2.68. The van der Waals surface area contributed by atoms with Crippen LogP contribution in [-0.2, 0) is 7.05 Å². The Morgan fingerprint density at radius 1 is 1.39 bits per heavy atom. The quantitative estimate of drug-likeness (QED) is 0.743. The minimum atomic E-state index is -0.443. The zero-order valence-electron chi connectivity index (χ0n) is 12.7. The summed E-state index contributed by atoms with van der Waals surface area (Å²) in [5.74, 6) is 0.588. The first-order valence-electron chi connectivity index (χ1n) is 7.00. The van der Waals surface area contributed by atoms with Crippen molar-refractivity contribution in [1.29, 1.82) is 0 Å². The van der Waals surface area contributed by atoms with Gasteiger partial charge in [-0.15, -0.1) is 0 Å². The summed E-state index contributed by atoms with van der Waals surface area (Å²) in [6, 6.07) is 7.54. The Labute approximate surface area is 137 Å². The van der Waals surface area contributed by atoms with E-state index >= 15 is 0 Å². The average Bonchev–Trinajstić information content (AvgIpc) is 3.02. The molecule has 0 fully saturated rings. The van der Waals surface area contributed by atoms with Crippen LogP contribution in [0.2, 0.25) is 0 Å². The third-order valence-electron chi connectivity index (χ3n) is 3.85. The van der Waals surface area contributed by atoms with Crippen molar-refractivity contribution in [1.82, 2.24) is 15.0 Å². The van der Waals surface area contributed by atoms with Crippen LogP contribution in [0, 0.1) is 4.77 Å². The highest BCUT2D eigenvalue weighted by Crippen LogP contribution is 2.27. The van der Waals surface area contributed by atoms with Gasteiger partial charge in [0, 0.05) is 13.5 Å². The number of benzene rings is 1. The molecule has 1 aromatic carbocycles. The van der Waals surface area contributed by atoms with Gasteiger partial charge in [0.2, 0.25) is 5.88 Å². The number of ether oxygens (including phenoxy) is 1. The van der Waals surface area contributed by atoms with Gasteiger partial charge in [-0.1, -0.05) is 12.1 Å². The number of hydrogen-bond donors (Lipinski definition) is 3. The molecule has 120 valence electrons. The molecular formula is C15H16N4O3S. The van der Waals surface area contributed by atoms with Crippen LogP contribution in [0.15, 0.2) is 34.2 Å². The second kappa shape index (κ2) is 5.88. The van der Waals surface area contributed by atoms with Crippen molar-refractivity contribution in [2.45, 2.75) is 12.5 Å². The molecule has 0 amide bonds. The van der Waals surface area contributed by atoms with Gasteiger partial charge in [-0.3, -0.25) is 14.3 Å². The van der Waals surface area contributed by atoms with Gasteiger partial charge in [0.15, 0.2) is 4.77 Å². The van der Waals surface area contributed by atoms with Crippen LogP contribution in [-0.4, -0.2) is 27.5 Å². The van der Waals surface area contributed by atoms with Crippen LogP contribution >= 0.6 is 12.2 Å². The van der Waals surface area contributed by atoms with Crippen LogP contribution in [0.25, 0.3) is 0 Å². The summed E-state index contributed by atoms with van der Waals surface area (Å²) in [4.78, 5) is 14.6. The van der Waals surface area contributed by atoms with Crippen molar-refractivity contribution in [3.05, 3.63) is 50.5 Å². The summed E-state index contributed by atoms with van der Waals surface area (Å²) in [6.45, 7) is 0. The fraction of sp³-hybridized carbons (Fsp3) is 0.267. The molecule has 0 aliphatic carbocycles. The molecule has 1 aliphatic rings. The van der Waals surface area contributed by atoms with Gasteiger partial charge in [0.05, 0.1) is 18.9 Å². The molecular weight excluding hydrogens is 316 g/mol. The minimum absolute atomic E-state index is 0.0665. The van der Waals surface area contributed by atoms with Crippen LogP contribution in [0.1, 0.15) is 23.6 Å². The van der Waals surface area contributed by atoms with E-state index in [0.717, 1.165) is 11.3 Å². The molecule has 1 atom stereocenters. The predicted molar refractivity (Wildman–Crippen MR) is 88.6 cm³/mol. The fourth-order valence-electron chi connectivity index (χ4n) is 2.50. The highest BCUT2D eigenvalue weighted by atomic mass is 32.1. The lowest BCUT2D eigenvalue weighted by molar-refractivity contribution is 0.414. The predicted octanol–water partition coefficient (Wildman–Crippen LogP) is 1.60. The van der Waals surface area contributed by atoms with Gasteiger partial charge >= 0.3 is 0 Å². The smallest absolute Gasteiger partial charge is 0.264 e. The van der Waals surface area contributed by atoms with Crippen molar-refractivity contribution in [2.75, 3.05) is 7.11 Å². The highest BCUT2D eigenvalue weighted by Gasteiger charge is 2.26. The number of methoxy groups -OCH3 is 1. The molecule has 1 unspecified atom stereocenters. The Morgan fingerprint density at radius 3 is 2.74 bits per heavy atom.